The first-order chi connectivity index (χ1) is 17.8. The molecule has 4 aromatic rings. The lowest BCUT2D eigenvalue weighted by Crippen LogP contribution is -2.11. The highest BCUT2D eigenvalue weighted by molar-refractivity contribution is 6.45. The van der Waals surface area contributed by atoms with Gasteiger partial charge in [-0.15, -0.1) is 0 Å². The molecule has 0 saturated heterocycles. The maximum Gasteiger partial charge on any atom is 0.331 e. The number of non-ortho nitro benzene ring substituents is 1. The third-order valence-corrected chi connectivity index (χ3v) is 7.09. The first kappa shape index (κ1) is 24.4. The Balaban J connectivity index is 1.68. The van der Waals surface area contributed by atoms with Crippen LogP contribution in [0.2, 0.25) is 0 Å². The number of rotatable bonds is 6. The highest BCUT2D eigenvalue weighted by Crippen LogP contribution is 2.38. The SMILES string of the molecule is CC(=O)ON=C(C)C(=O)c1ccc2c(c1)c1cc(C3CCCCC3)ccc1n2-c1ccc([N+](=O)[O-])cc1. The van der Waals surface area contributed by atoms with Gasteiger partial charge in [-0.05, 0) is 73.7 Å². The van der Waals surface area contributed by atoms with E-state index >= 15 is 0 Å². The minimum Gasteiger partial charge on any atom is -0.318 e. The van der Waals surface area contributed by atoms with Crippen molar-refractivity contribution in [1.29, 1.82) is 0 Å². The molecular weight excluding hydrogens is 470 g/mol. The average molecular weight is 498 g/mol. The molecule has 0 aliphatic heterocycles. The van der Waals surface area contributed by atoms with Crippen LogP contribution in [-0.4, -0.2) is 27.0 Å². The smallest absolute Gasteiger partial charge is 0.318 e. The molecule has 0 bridgehead atoms. The van der Waals surface area contributed by atoms with Crippen molar-refractivity contribution in [2.24, 2.45) is 5.16 Å². The van der Waals surface area contributed by atoms with Crippen molar-refractivity contribution < 1.29 is 19.3 Å². The fourth-order valence-corrected chi connectivity index (χ4v) is 5.26. The fraction of sp³-hybridized carbons (Fsp3) is 0.276. The van der Waals surface area contributed by atoms with E-state index in [4.69, 9.17) is 0 Å². The summed E-state index contributed by atoms with van der Waals surface area (Å²) in [5.41, 5.74) is 4.47. The fourth-order valence-electron chi connectivity index (χ4n) is 5.26. The van der Waals surface area contributed by atoms with E-state index in [2.05, 4.69) is 32.8 Å². The standard InChI is InChI=1S/C29H27N3O5/c1-18(30-37-19(2)33)29(34)22-9-15-28-26(17-22)25-16-21(20-6-4-3-5-7-20)8-14-27(25)31(28)23-10-12-24(13-11-23)32(35)36/h8-17,20H,3-7H2,1-2H3. The van der Waals surface area contributed by atoms with Gasteiger partial charge in [0, 0.05) is 41.1 Å². The number of oxime groups is 1. The van der Waals surface area contributed by atoms with E-state index in [1.165, 1.54) is 63.6 Å². The molecule has 188 valence electrons. The molecule has 1 fully saturated rings. The summed E-state index contributed by atoms with van der Waals surface area (Å²) in [4.78, 5) is 39.6. The number of benzene rings is 3. The zero-order chi connectivity index (χ0) is 26.1. The summed E-state index contributed by atoms with van der Waals surface area (Å²) in [6.45, 7) is 2.74. The van der Waals surface area contributed by atoms with Gasteiger partial charge in [0.05, 0.1) is 16.0 Å². The molecule has 3 aromatic carbocycles. The van der Waals surface area contributed by atoms with Gasteiger partial charge in [-0.25, -0.2) is 4.79 Å². The van der Waals surface area contributed by atoms with Gasteiger partial charge in [0.25, 0.3) is 5.69 Å². The Labute approximate surface area is 213 Å². The van der Waals surface area contributed by atoms with Crippen molar-refractivity contribution in [3.05, 3.63) is 81.9 Å². The number of hydrogen-bond donors (Lipinski definition) is 0. The van der Waals surface area contributed by atoms with E-state index in [-0.39, 0.29) is 17.2 Å². The van der Waals surface area contributed by atoms with Gasteiger partial charge < -0.3 is 9.40 Å². The minimum atomic E-state index is -0.594. The molecule has 1 heterocycles. The van der Waals surface area contributed by atoms with Crippen LogP contribution in [0.5, 0.6) is 0 Å². The van der Waals surface area contributed by atoms with Gasteiger partial charge in [0.15, 0.2) is 0 Å². The molecular formula is C29H27N3O5. The van der Waals surface area contributed by atoms with Crippen LogP contribution in [0.15, 0.2) is 65.8 Å². The lowest BCUT2D eigenvalue weighted by Gasteiger charge is -2.22. The molecule has 5 rings (SSSR count). The van der Waals surface area contributed by atoms with Crippen LogP contribution >= 0.6 is 0 Å². The first-order valence-corrected chi connectivity index (χ1v) is 12.4. The number of Topliss-reactive ketones (excluding diaryl/α,β-unsaturated/α-hetero) is 1. The number of nitro groups is 1. The molecule has 1 aliphatic rings. The second-order valence-electron chi connectivity index (χ2n) is 9.54. The molecule has 8 heteroatoms. The molecule has 0 unspecified atom stereocenters. The molecule has 1 saturated carbocycles. The zero-order valence-electron chi connectivity index (χ0n) is 20.8. The van der Waals surface area contributed by atoms with Crippen molar-refractivity contribution in [2.75, 3.05) is 0 Å². The van der Waals surface area contributed by atoms with Crippen LogP contribution in [0.4, 0.5) is 5.69 Å². The third kappa shape index (κ3) is 4.74. The highest BCUT2D eigenvalue weighted by atomic mass is 16.7. The van der Waals surface area contributed by atoms with Gasteiger partial charge in [0.1, 0.15) is 5.71 Å². The number of hydrogen-bond acceptors (Lipinski definition) is 6. The number of carbonyl (C=O) groups is 2. The lowest BCUT2D eigenvalue weighted by molar-refractivity contribution is -0.384. The van der Waals surface area contributed by atoms with Gasteiger partial charge >= 0.3 is 5.97 Å². The van der Waals surface area contributed by atoms with E-state index < -0.39 is 10.9 Å². The third-order valence-electron chi connectivity index (χ3n) is 7.09. The van der Waals surface area contributed by atoms with Crippen LogP contribution in [0, 0.1) is 10.1 Å². The van der Waals surface area contributed by atoms with E-state index in [1.807, 2.05) is 12.1 Å². The average Bonchev–Trinajstić information content (AvgIpc) is 3.24. The van der Waals surface area contributed by atoms with Crippen molar-refractivity contribution >= 4 is 45.0 Å². The van der Waals surface area contributed by atoms with E-state index in [1.54, 1.807) is 18.2 Å². The van der Waals surface area contributed by atoms with Crippen LogP contribution in [0.3, 0.4) is 0 Å². The Kier molecular flexibility index (Phi) is 6.56. The maximum absolute atomic E-state index is 13.0. The van der Waals surface area contributed by atoms with Gasteiger partial charge in [-0.1, -0.05) is 30.5 Å². The van der Waals surface area contributed by atoms with Gasteiger partial charge in [0.2, 0.25) is 5.78 Å². The Morgan fingerprint density at radius 1 is 0.919 bits per heavy atom. The summed E-state index contributed by atoms with van der Waals surface area (Å²) in [5, 5.41) is 16.7. The Hall–Kier alpha value is -4.33. The van der Waals surface area contributed by atoms with Crippen LogP contribution < -0.4 is 0 Å². The number of nitrogens with zero attached hydrogens (tertiary/aromatic N) is 3. The topological polar surface area (TPSA) is 104 Å². The highest BCUT2D eigenvalue weighted by Gasteiger charge is 2.20. The normalized spacial score (nSPS) is 14.7. The largest absolute Gasteiger partial charge is 0.331 e. The van der Waals surface area contributed by atoms with Crippen molar-refractivity contribution in [2.45, 2.75) is 51.9 Å². The quantitative estimate of drug-likeness (QED) is 0.0951. The lowest BCUT2D eigenvalue weighted by atomic mass is 9.83. The predicted octanol–water partition coefficient (Wildman–Crippen LogP) is 6.86. The van der Waals surface area contributed by atoms with Crippen molar-refractivity contribution in [3.8, 4) is 5.69 Å². The van der Waals surface area contributed by atoms with Crippen LogP contribution in [0.1, 0.15) is 67.8 Å². The first-order valence-electron chi connectivity index (χ1n) is 12.4. The summed E-state index contributed by atoms with van der Waals surface area (Å²) >= 11 is 0. The second-order valence-corrected chi connectivity index (χ2v) is 9.54. The van der Waals surface area contributed by atoms with E-state index in [0.29, 0.717) is 11.5 Å². The summed E-state index contributed by atoms with van der Waals surface area (Å²) in [5.74, 6) is -0.411. The van der Waals surface area contributed by atoms with Crippen molar-refractivity contribution in [1.82, 2.24) is 4.57 Å². The molecule has 1 aliphatic carbocycles. The summed E-state index contributed by atoms with van der Waals surface area (Å²) in [7, 11) is 0. The Bertz CT molecular complexity index is 1560. The second kappa shape index (κ2) is 9.97. The molecule has 0 amide bonds. The number of fused-ring (bicyclic) bond motifs is 3. The molecule has 0 radical (unpaired) electrons. The predicted molar refractivity (Wildman–Crippen MR) is 142 cm³/mol. The summed E-state index contributed by atoms with van der Waals surface area (Å²) in [6.07, 6.45) is 6.07. The minimum absolute atomic E-state index is 0.0273. The summed E-state index contributed by atoms with van der Waals surface area (Å²) < 4.78 is 2.06. The van der Waals surface area contributed by atoms with Gasteiger partial charge in [-0.3, -0.25) is 14.9 Å². The zero-order valence-corrected chi connectivity index (χ0v) is 20.8. The number of carbonyl (C=O) groups excluding carboxylic acids is 2. The monoisotopic (exact) mass is 497 g/mol. The molecule has 37 heavy (non-hydrogen) atoms. The van der Waals surface area contributed by atoms with Crippen LogP contribution in [0.25, 0.3) is 27.5 Å². The number of aromatic nitrogens is 1. The molecule has 8 nitrogen and oxygen atoms in total. The molecule has 0 N–H and O–H groups in total. The summed E-state index contributed by atoms with van der Waals surface area (Å²) in [6, 6.07) is 18.4. The number of nitro benzene ring substituents is 1. The molecule has 0 spiro atoms. The van der Waals surface area contributed by atoms with E-state index in [9.17, 15) is 19.7 Å². The van der Waals surface area contributed by atoms with Crippen molar-refractivity contribution in [3.63, 3.8) is 0 Å². The number of ketones is 1. The maximum atomic E-state index is 13.0. The molecule has 0 atom stereocenters. The molecule has 1 aromatic heterocycles. The van der Waals surface area contributed by atoms with Crippen LogP contribution in [-0.2, 0) is 9.63 Å². The van der Waals surface area contributed by atoms with Gasteiger partial charge in [-0.2, -0.15) is 0 Å². The van der Waals surface area contributed by atoms with E-state index in [0.717, 1.165) is 27.5 Å². The Morgan fingerprint density at radius 2 is 1.57 bits per heavy atom. The Morgan fingerprint density at radius 3 is 2.22 bits per heavy atom.